The molecule has 6 N–H and O–H groups in total. The number of phenolic OH excluding ortho intramolecular Hbond substituents is 6. The van der Waals surface area contributed by atoms with Gasteiger partial charge in [0.1, 0.15) is 51.2 Å². The molecule has 3 aromatic rings. The average molecular weight is 1350 g/mol. The number of ether oxygens (including phenoxy) is 3. The van der Waals surface area contributed by atoms with Gasteiger partial charge < -0.3 is 74.1 Å². The number of nitrogens with zero attached hydrogens (tertiary/aromatic N) is 6. The highest BCUT2D eigenvalue weighted by atomic mass is 35.5. The van der Waals surface area contributed by atoms with Crippen LogP contribution < -0.4 is 0 Å². The number of oxime groups is 3. The second-order valence-corrected chi connectivity index (χ2v) is 22.5. The van der Waals surface area contributed by atoms with Crippen LogP contribution in [0.15, 0.2) is 149 Å². The van der Waals surface area contributed by atoms with Crippen molar-refractivity contribution in [2.75, 3.05) is 78.9 Å². The second kappa shape index (κ2) is 38.2. The Kier molecular flexibility index (Phi) is 29.1. The van der Waals surface area contributed by atoms with Crippen LogP contribution in [0.1, 0.15) is 106 Å². The Morgan fingerprint density at radius 1 is 0.389 bits per heavy atom. The van der Waals surface area contributed by atoms with Crippen LogP contribution in [0.4, 0.5) is 0 Å². The highest BCUT2D eigenvalue weighted by Crippen LogP contribution is 2.39. The molecule has 3 amide bonds. The van der Waals surface area contributed by atoms with Crippen molar-refractivity contribution in [2.24, 2.45) is 15.5 Å². The first-order chi connectivity index (χ1) is 46.0. The Bertz CT molecular complexity index is 3460. The molecule has 0 saturated carbocycles. The van der Waals surface area contributed by atoms with Crippen molar-refractivity contribution in [3.05, 3.63) is 177 Å². The molecule has 0 unspecified atom stereocenters. The van der Waals surface area contributed by atoms with Crippen LogP contribution in [-0.4, -0.2) is 177 Å². The molecular formula is C69H76Cl2N6O18. The summed E-state index contributed by atoms with van der Waals surface area (Å²) < 4.78 is 15.8. The number of esters is 3. The first-order valence-corrected chi connectivity index (χ1v) is 31.6. The van der Waals surface area contributed by atoms with Gasteiger partial charge in [-0.05, 0) is 98.8 Å². The molecule has 24 nitrogen and oxygen atoms in total. The van der Waals surface area contributed by atoms with Crippen LogP contribution in [0.5, 0.6) is 34.5 Å². The number of aromatic hydroxyl groups is 6. The molecule has 6 aliphatic heterocycles. The van der Waals surface area contributed by atoms with Crippen molar-refractivity contribution in [1.29, 1.82) is 0 Å². The third kappa shape index (κ3) is 22.9. The van der Waals surface area contributed by atoms with E-state index >= 15 is 0 Å². The van der Waals surface area contributed by atoms with Crippen molar-refractivity contribution in [2.45, 2.75) is 77.0 Å². The number of cyclic esters (lactones) is 3. The van der Waals surface area contributed by atoms with Gasteiger partial charge in [0.25, 0.3) is 17.7 Å². The van der Waals surface area contributed by atoms with E-state index in [9.17, 15) is 59.4 Å². The van der Waals surface area contributed by atoms with Crippen molar-refractivity contribution in [3.63, 3.8) is 0 Å². The van der Waals surface area contributed by atoms with E-state index in [4.69, 9.17) is 51.9 Å². The zero-order valence-corrected chi connectivity index (χ0v) is 53.7. The van der Waals surface area contributed by atoms with Crippen molar-refractivity contribution in [3.8, 4) is 34.5 Å². The molecule has 0 fully saturated rings. The molecule has 6 heterocycles. The fourth-order valence-corrected chi connectivity index (χ4v) is 10.2. The largest absolute Gasteiger partial charge is 0.508 e. The van der Waals surface area contributed by atoms with Gasteiger partial charge in [-0.2, -0.15) is 0 Å². The van der Waals surface area contributed by atoms with Crippen molar-refractivity contribution >= 4 is 76.0 Å². The lowest BCUT2D eigenvalue weighted by Gasteiger charge is -2.15. The monoisotopic (exact) mass is 1350 g/mol. The normalized spacial score (nSPS) is 20.4. The zero-order chi connectivity index (χ0) is 67.9. The number of rotatable bonds is 9. The lowest BCUT2D eigenvalue weighted by Crippen LogP contribution is -2.31. The molecule has 0 spiro atoms. The summed E-state index contributed by atoms with van der Waals surface area (Å²) in [6.45, 7) is 3.04. The van der Waals surface area contributed by atoms with Crippen molar-refractivity contribution < 1.29 is 88.1 Å². The van der Waals surface area contributed by atoms with E-state index in [0.29, 0.717) is 81.2 Å². The van der Waals surface area contributed by atoms with E-state index in [0.717, 1.165) is 56.7 Å². The minimum atomic E-state index is -0.759. The smallest absolute Gasteiger partial charge is 0.342 e. The van der Waals surface area contributed by atoms with Gasteiger partial charge in [0.2, 0.25) is 0 Å². The van der Waals surface area contributed by atoms with Crippen LogP contribution in [0, 0.1) is 0 Å². The number of carbonyl (C=O) groups excluding carboxylic acids is 6. The third-order valence-corrected chi connectivity index (χ3v) is 15.5. The van der Waals surface area contributed by atoms with Gasteiger partial charge in [0.05, 0.1) is 47.0 Å². The van der Waals surface area contributed by atoms with Crippen LogP contribution in [0.2, 0.25) is 10.0 Å². The molecule has 9 rings (SSSR count). The molecule has 0 radical (unpaired) electrons. The van der Waals surface area contributed by atoms with Gasteiger partial charge in [-0.1, -0.05) is 130 Å². The molecule has 26 heteroatoms. The highest BCUT2D eigenvalue weighted by Gasteiger charge is 2.28. The summed E-state index contributed by atoms with van der Waals surface area (Å²) in [5.41, 5.74) is 1.50. The van der Waals surface area contributed by atoms with E-state index in [2.05, 4.69) is 15.5 Å². The predicted molar refractivity (Wildman–Crippen MR) is 355 cm³/mol. The second-order valence-electron chi connectivity index (χ2n) is 21.7. The minimum Gasteiger partial charge on any atom is -0.508 e. The van der Waals surface area contributed by atoms with E-state index < -0.39 is 29.4 Å². The van der Waals surface area contributed by atoms with Gasteiger partial charge in [0.15, 0.2) is 19.8 Å². The van der Waals surface area contributed by atoms with Gasteiger partial charge in [-0.15, -0.1) is 0 Å². The molecule has 504 valence electrons. The molecular weight excluding hydrogens is 1270 g/mol. The number of benzene rings is 3. The fraction of sp³-hybridized carbons (Fsp3) is 0.348. The van der Waals surface area contributed by atoms with Gasteiger partial charge in [-0.25, -0.2) is 14.4 Å². The van der Waals surface area contributed by atoms with Crippen molar-refractivity contribution in [1.82, 2.24) is 14.7 Å². The maximum Gasteiger partial charge on any atom is 0.342 e. The summed E-state index contributed by atoms with van der Waals surface area (Å²) >= 11 is 12.5. The number of amides is 3. The quantitative estimate of drug-likeness (QED) is 0.0502. The standard InChI is InChI=1S/2C23H25ClN2O6.C23H26N2O6/c2*24-22-17-13-16(25-32-15-20(29)26-10-6-7-11-26)9-5-3-1-2-4-8-12-31-23(30)21(17)18(27)14-19(22)28;26-19-14-17-13-18(24-31-16-21(28)25-10-6-7-11-25)9-5-3-1-2-4-8-12-30-23(29)22(17)20(27)15-19/h2*2,4-7,9,14,27-28H,1,3,8,10-13,15H2;2,4-7,9,14-15,26-27H,1,3,8,10-13,16H2/b4-2+,9-5+,25-16+;4-2+,9-5+,25-16-;4-2+,9-5+,24-18-. The summed E-state index contributed by atoms with van der Waals surface area (Å²) in [6, 6.07) is 4.47. The highest BCUT2D eigenvalue weighted by molar-refractivity contribution is 6.34. The van der Waals surface area contributed by atoms with E-state index in [-0.39, 0.29) is 137 Å². The first kappa shape index (κ1) is 72.4. The zero-order valence-electron chi connectivity index (χ0n) is 52.2. The van der Waals surface area contributed by atoms with Crippen LogP contribution in [0.25, 0.3) is 0 Å². The molecule has 0 aromatic heterocycles. The van der Waals surface area contributed by atoms with Crippen LogP contribution in [-0.2, 0) is 62.4 Å². The topological polar surface area (TPSA) is 326 Å². The predicted octanol–water partition coefficient (Wildman–Crippen LogP) is 9.90. The number of fused-ring (bicyclic) bond motifs is 3. The molecule has 3 aromatic carbocycles. The molecule has 0 atom stereocenters. The number of carbonyl (C=O) groups is 6. The first-order valence-electron chi connectivity index (χ1n) is 30.8. The SMILES string of the molecule is O=C1OCC/C=C/CC/C=C/C(=N/OCC(=O)N2CC=CC2)Cc2c(Cl)c(O)cc(O)c21.O=C1OCC/C=C/CC/C=C/C(=N/OCC(=O)N2CC=CC2)Cc2cc(O)cc(O)c21.O=C1OCC/C=C/CC/C=C/C(=N\OCC(=O)N2CC=CC2)Cc2c(Cl)c(O)cc(O)c21. The van der Waals surface area contributed by atoms with Crippen LogP contribution in [0.3, 0.4) is 0 Å². The lowest BCUT2D eigenvalue weighted by molar-refractivity contribution is -0.135. The summed E-state index contributed by atoms with van der Waals surface area (Å²) in [6.07, 6.45) is 40.3. The fourth-order valence-electron chi connectivity index (χ4n) is 9.77. The Labute approximate surface area is 559 Å². The molecule has 0 bridgehead atoms. The maximum atomic E-state index is 12.6. The van der Waals surface area contributed by atoms with Gasteiger partial charge in [0, 0.05) is 76.7 Å². The number of hydrogen-bond donors (Lipinski definition) is 6. The summed E-state index contributed by atoms with van der Waals surface area (Å²) in [5, 5.41) is 72.9. The van der Waals surface area contributed by atoms with E-state index in [1.807, 2.05) is 91.1 Å². The Hall–Kier alpha value is -10.1. The molecule has 0 aliphatic carbocycles. The number of halogens is 2. The lowest BCUT2D eigenvalue weighted by atomic mass is 9.99. The average Bonchev–Trinajstić information content (AvgIpc) is 1.65. The van der Waals surface area contributed by atoms with E-state index in [1.54, 1.807) is 32.9 Å². The summed E-state index contributed by atoms with van der Waals surface area (Å²) in [5.74, 6) is -4.98. The molecule has 6 aliphatic rings. The Balaban J connectivity index is 0.000000201. The maximum absolute atomic E-state index is 12.6. The molecule has 95 heavy (non-hydrogen) atoms. The van der Waals surface area contributed by atoms with Gasteiger partial charge >= 0.3 is 17.9 Å². The number of allylic oxidation sites excluding steroid dienone is 9. The Morgan fingerprint density at radius 2 is 0.695 bits per heavy atom. The summed E-state index contributed by atoms with van der Waals surface area (Å²) in [7, 11) is 0. The van der Waals surface area contributed by atoms with Gasteiger partial charge in [-0.3, -0.25) is 14.4 Å². The van der Waals surface area contributed by atoms with Crippen LogP contribution >= 0.6 is 23.2 Å². The Morgan fingerprint density at radius 3 is 1.05 bits per heavy atom. The molecule has 0 saturated heterocycles. The minimum absolute atomic E-state index is 0.0286. The summed E-state index contributed by atoms with van der Waals surface area (Å²) in [4.78, 5) is 95.0. The number of phenols is 6. The third-order valence-electron chi connectivity index (χ3n) is 14.6. The van der Waals surface area contributed by atoms with E-state index in [1.165, 1.54) is 6.07 Å². The number of hydrogen-bond acceptors (Lipinski definition) is 21.